The third kappa shape index (κ3) is 5.55. The predicted molar refractivity (Wildman–Crippen MR) is 115 cm³/mol. The average Bonchev–Trinajstić information content (AvgIpc) is 3.28. The molecule has 154 valence electrons. The van der Waals surface area contributed by atoms with E-state index in [9.17, 15) is 4.79 Å². The van der Waals surface area contributed by atoms with Crippen LogP contribution in [0, 0.1) is 5.92 Å². The van der Waals surface area contributed by atoms with Crippen LogP contribution < -0.4 is 5.32 Å². The SMILES string of the molecule is C=C(NCCCC)C1=C(C)C(CCCOC)C(c2csc(C(=O)OCC)n2)=C1. The lowest BCUT2D eigenvalue weighted by atomic mass is 9.90. The molecule has 0 amide bonds. The van der Waals surface area contributed by atoms with Gasteiger partial charge in [0.25, 0.3) is 0 Å². The second-order valence-corrected chi connectivity index (χ2v) is 7.76. The summed E-state index contributed by atoms with van der Waals surface area (Å²) in [5.41, 5.74) is 5.41. The van der Waals surface area contributed by atoms with Gasteiger partial charge in [-0.05, 0) is 50.3 Å². The summed E-state index contributed by atoms with van der Waals surface area (Å²) in [5, 5.41) is 5.79. The molecule has 0 aromatic carbocycles. The lowest BCUT2D eigenvalue weighted by molar-refractivity contribution is 0.0526. The first-order valence-corrected chi connectivity index (χ1v) is 10.9. The van der Waals surface area contributed by atoms with Crippen molar-refractivity contribution in [3.63, 3.8) is 0 Å². The van der Waals surface area contributed by atoms with Crippen molar-refractivity contribution >= 4 is 22.9 Å². The van der Waals surface area contributed by atoms with E-state index in [1.807, 2.05) is 5.38 Å². The van der Waals surface area contributed by atoms with Gasteiger partial charge in [-0.3, -0.25) is 0 Å². The maximum atomic E-state index is 12.0. The monoisotopic (exact) mass is 404 g/mol. The highest BCUT2D eigenvalue weighted by Crippen LogP contribution is 2.42. The Morgan fingerprint density at radius 3 is 2.82 bits per heavy atom. The third-order valence-corrected chi connectivity index (χ3v) is 5.73. The molecule has 0 saturated heterocycles. The Morgan fingerprint density at radius 2 is 2.14 bits per heavy atom. The van der Waals surface area contributed by atoms with Crippen LogP contribution in [-0.4, -0.2) is 37.8 Å². The summed E-state index contributed by atoms with van der Waals surface area (Å²) >= 11 is 1.33. The number of carbonyl (C=O) groups excluding carboxylic acids is 1. The zero-order valence-electron chi connectivity index (χ0n) is 17.5. The van der Waals surface area contributed by atoms with Gasteiger partial charge in [0, 0.05) is 37.3 Å². The van der Waals surface area contributed by atoms with Crippen molar-refractivity contribution in [2.45, 2.75) is 46.5 Å². The summed E-state index contributed by atoms with van der Waals surface area (Å²) < 4.78 is 10.3. The minimum atomic E-state index is -0.358. The van der Waals surface area contributed by atoms with Gasteiger partial charge < -0.3 is 14.8 Å². The van der Waals surface area contributed by atoms with E-state index in [4.69, 9.17) is 9.47 Å². The van der Waals surface area contributed by atoms with Gasteiger partial charge in [-0.2, -0.15) is 0 Å². The number of thiazole rings is 1. The number of ether oxygens (including phenoxy) is 2. The standard InChI is InChI=1S/C22H32N2O3S/c1-6-8-11-23-16(4)18-13-19(17(15(18)3)10-9-12-26-5)20-14-28-21(24-20)22(25)27-7-2/h13-14,17,23H,4,6-12H2,1-3,5H3. The average molecular weight is 405 g/mol. The molecule has 0 aliphatic heterocycles. The van der Waals surface area contributed by atoms with Crippen LogP contribution in [0.3, 0.4) is 0 Å². The topological polar surface area (TPSA) is 60.5 Å². The van der Waals surface area contributed by atoms with Gasteiger partial charge in [0.1, 0.15) is 0 Å². The highest BCUT2D eigenvalue weighted by atomic mass is 32.1. The summed E-state index contributed by atoms with van der Waals surface area (Å²) in [6.45, 7) is 12.4. The van der Waals surface area contributed by atoms with Crippen molar-refractivity contribution in [1.82, 2.24) is 10.3 Å². The molecule has 1 aromatic heterocycles. The van der Waals surface area contributed by atoms with Crippen molar-refractivity contribution in [3.8, 4) is 0 Å². The number of rotatable bonds is 12. The maximum absolute atomic E-state index is 12.0. The van der Waals surface area contributed by atoms with Gasteiger partial charge in [-0.15, -0.1) is 11.3 Å². The lowest BCUT2D eigenvalue weighted by Crippen LogP contribution is -2.15. The number of methoxy groups -OCH3 is 1. The zero-order chi connectivity index (χ0) is 20.5. The maximum Gasteiger partial charge on any atom is 0.367 e. The number of allylic oxidation sites excluding steroid dienone is 3. The van der Waals surface area contributed by atoms with Crippen LogP contribution in [0.15, 0.2) is 34.9 Å². The van der Waals surface area contributed by atoms with E-state index in [1.165, 1.54) is 16.9 Å². The molecule has 5 nitrogen and oxygen atoms in total. The molecule has 0 fully saturated rings. The Hall–Kier alpha value is -1.92. The fourth-order valence-corrected chi connectivity index (χ4v) is 4.09. The zero-order valence-corrected chi connectivity index (χ0v) is 18.3. The van der Waals surface area contributed by atoms with Gasteiger partial charge in [-0.25, -0.2) is 9.78 Å². The van der Waals surface area contributed by atoms with E-state index >= 15 is 0 Å². The van der Waals surface area contributed by atoms with E-state index in [1.54, 1.807) is 14.0 Å². The quantitative estimate of drug-likeness (QED) is 0.393. The highest BCUT2D eigenvalue weighted by Gasteiger charge is 2.29. The lowest BCUT2D eigenvalue weighted by Gasteiger charge is -2.17. The summed E-state index contributed by atoms with van der Waals surface area (Å²) in [4.78, 5) is 16.6. The smallest absolute Gasteiger partial charge is 0.367 e. The Balaban J connectivity index is 2.25. The summed E-state index contributed by atoms with van der Waals surface area (Å²) in [6, 6.07) is 0. The van der Waals surface area contributed by atoms with Crippen LogP contribution in [0.4, 0.5) is 0 Å². The number of aromatic nitrogens is 1. The molecule has 0 spiro atoms. The minimum Gasteiger partial charge on any atom is -0.461 e. The van der Waals surface area contributed by atoms with E-state index < -0.39 is 0 Å². The first kappa shape index (κ1) is 22.4. The second kappa shape index (κ2) is 11.2. The van der Waals surface area contributed by atoms with Crippen molar-refractivity contribution in [2.24, 2.45) is 5.92 Å². The van der Waals surface area contributed by atoms with Gasteiger partial charge in [0.2, 0.25) is 5.01 Å². The largest absolute Gasteiger partial charge is 0.461 e. The molecule has 1 aromatic rings. The van der Waals surface area contributed by atoms with E-state index in [-0.39, 0.29) is 11.9 Å². The molecule has 0 saturated carbocycles. The summed E-state index contributed by atoms with van der Waals surface area (Å²) in [6.07, 6.45) is 6.39. The number of nitrogens with one attached hydrogen (secondary N) is 1. The van der Waals surface area contributed by atoms with Crippen LogP contribution in [-0.2, 0) is 9.47 Å². The molecule has 1 atom stereocenters. The van der Waals surface area contributed by atoms with Crippen molar-refractivity contribution < 1.29 is 14.3 Å². The van der Waals surface area contributed by atoms with Crippen LogP contribution in [0.5, 0.6) is 0 Å². The molecule has 1 unspecified atom stereocenters. The third-order valence-electron chi connectivity index (χ3n) is 4.91. The van der Waals surface area contributed by atoms with E-state index in [2.05, 4.69) is 36.8 Å². The summed E-state index contributed by atoms with van der Waals surface area (Å²) in [5.74, 6) is -0.101. The van der Waals surface area contributed by atoms with Gasteiger partial charge in [0.05, 0.1) is 12.3 Å². The van der Waals surface area contributed by atoms with Gasteiger partial charge in [-0.1, -0.05) is 25.5 Å². The van der Waals surface area contributed by atoms with Crippen molar-refractivity contribution in [3.05, 3.63) is 45.6 Å². The van der Waals surface area contributed by atoms with E-state index in [0.29, 0.717) is 11.6 Å². The highest BCUT2D eigenvalue weighted by molar-refractivity contribution is 7.11. The molecular weight excluding hydrogens is 372 g/mol. The molecule has 0 radical (unpaired) electrons. The molecule has 28 heavy (non-hydrogen) atoms. The Morgan fingerprint density at radius 1 is 1.36 bits per heavy atom. The van der Waals surface area contributed by atoms with Crippen molar-refractivity contribution in [1.29, 1.82) is 0 Å². The fraction of sp³-hybridized carbons (Fsp3) is 0.545. The number of nitrogens with zero attached hydrogens (tertiary/aromatic N) is 1. The molecule has 0 bridgehead atoms. The van der Waals surface area contributed by atoms with Gasteiger partial charge in [0.15, 0.2) is 0 Å². The molecule has 1 aliphatic rings. The molecule has 1 aliphatic carbocycles. The Kier molecular flexibility index (Phi) is 8.93. The van der Waals surface area contributed by atoms with Crippen LogP contribution in [0.1, 0.15) is 62.0 Å². The normalized spacial score (nSPS) is 16.3. The number of hydrogen-bond donors (Lipinski definition) is 1. The minimum absolute atomic E-state index is 0.257. The van der Waals surface area contributed by atoms with Crippen LogP contribution in [0.25, 0.3) is 5.57 Å². The number of esters is 1. The molecule has 1 N–H and O–H groups in total. The molecule has 2 rings (SSSR count). The van der Waals surface area contributed by atoms with Gasteiger partial charge >= 0.3 is 5.97 Å². The Bertz CT molecular complexity index is 749. The first-order valence-electron chi connectivity index (χ1n) is 10.0. The summed E-state index contributed by atoms with van der Waals surface area (Å²) in [7, 11) is 1.73. The van der Waals surface area contributed by atoms with Crippen LogP contribution >= 0.6 is 11.3 Å². The number of carbonyl (C=O) groups is 1. The van der Waals surface area contributed by atoms with Crippen molar-refractivity contribution in [2.75, 3.05) is 26.9 Å². The van der Waals surface area contributed by atoms with E-state index in [0.717, 1.165) is 61.4 Å². The molecular formula is C22H32N2O3S. The first-order chi connectivity index (χ1) is 13.5. The fourth-order valence-electron chi connectivity index (χ4n) is 3.38. The number of unbranched alkanes of at least 4 members (excludes halogenated alkanes) is 1. The second-order valence-electron chi connectivity index (χ2n) is 6.90. The Labute approximate surface area is 172 Å². The molecule has 1 heterocycles. The number of hydrogen-bond acceptors (Lipinski definition) is 6. The molecule has 6 heteroatoms. The predicted octanol–water partition coefficient (Wildman–Crippen LogP) is 4.98. The van der Waals surface area contributed by atoms with Crippen LogP contribution in [0.2, 0.25) is 0 Å².